The second kappa shape index (κ2) is 9.62. The first-order valence-corrected chi connectivity index (χ1v) is 10.0. The number of morpholine rings is 1. The van der Waals surface area contributed by atoms with Crippen LogP contribution in [0, 0.1) is 0 Å². The molecule has 2 aliphatic rings. The molecule has 1 saturated heterocycles. The van der Waals surface area contributed by atoms with Crippen LogP contribution in [-0.4, -0.2) is 51.0 Å². The smallest absolute Gasteiger partial charge is 0.231 e. The standard InChI is InChI=1S/C22H28N4O3/c1-23-22(24-13-17-6-7-20-21(12-17)29-16-28-20)25-14-18-4-2-3-5-19(18)15-26-8-10-27-11-9-26/h2-7,12H,8-11,13-16H2,1H3,(H2,23,24,25). The Balaban J connectivity index is 1.31. The molecule has 0 amide bonds. The first kappa shape index (κ1) is 19.5. The van der Waals surface area contributed by atoms with Gasteiger partial charge in [0.05, 0.1) is 13.2 Å². The highest BCUT2D eigenvalue weighted by molar-refractivity contribution is 5.79. The minimum atomic E-state index is 0.291. The van der Waals surface area contributed by atoms with Gasteiger partial charge in [0.2, 0.25) is 6.79 Å². The van der Waals surface area contributed by atoms with Crippen LogP contribution in [-0.2, 0) is 24.4 Å². The summed E-state index contributed by atoms with van der Waals surface area (Å²) in [6.07, 6.45) is 0. The van der Waals surface area contributed by atoms with Gasteiger partial charge in [0.1, 0.15) is 0 Å². The molecular weight excluding hydrogens is 368 g/mol. The maximum Gasteiger partial charge on any atom is 0.231 e. The molecule has 2 aromatic rings. The second-order valence-corrected chi connectivity index (χ2v) is 7.12. The van der Waals surface area contributed by atoms with Gasteiger partial charge < -0.3 is 24.8 Å². The third-order valence-corrected chi connectivity index (χ3v) is 5.18. The molecule has 0 saturated carbocycles. The molecule has 0 radical (unpaired) electrons. The molecule has 2 aromatic carbocycles. The van der Waals surface area contributed by atoms with E-state index < -0.39 is 0 Å². The monoisotopic (exact) mass is 396 g/mol. The number of fused-ring (bicyclic) bond motifs is 1. The first-order valence-electron chi connectivity index (χ1n) is 10.0. The first-order chi connectivity index (χ1) is 14.3. The lowest BCUT2D eigenvalue weighted by Gasteiger charge is -2.27. The van der Waals surface area contributed by atoms with E-state index in [2.05, 4.69) is 44.8 Å². The Labute approximate surface area is 171 Å². The molecule has 0 bridgehead atoms. The van der Waals surface area contributed by atoms with Crippen molar-refractivity contribution in [2.24, 2.45) is 4.99 Å². The van der Waals surface area contributed by atoms with Crippen molar-refractivity contribution in [1.29, 1.82) is 0 Å². The van der Waals surface area contributed by atoms with Gasteiger partial charge >= 0.3 is 0 Å². The Kier molecular flexibility index (Phi) is 6.49. The van der Waals surface area contributed by atoms with E-state index in [1.165, 1.54) is 11.1 Å². The van der Waals surface area contributed by atoms with Crippen molar-refractivity contribution >= 4 is 5.96 Å². The van der Waals surface area contributed by atoms with Crippen LogP contribution >= 0.6 is 0 Å². The molecule has 1 fully saturated rings. The minimum absolute atomic E-state index is 0.291. The summed E-state index contributed by atoms with van der Waals surface area (Å²) in [5, 5.41) is 6.79. The van der Waals surface area contributed by atoms with Crippen molar-refractivity contribution in [3.8, 4) is 11.5 Å². The van der Waals surface area contributed by atoms with Gasteiger partial charge in [0, 0.05) is 39.8 Å². The van der Waals surface area contributed by atoms with E-state index in [0.29, 0.717) is 13.3 Å². The normalized spacial score (nSPS) is 16.7. The van der Waals surface area contributed by atoms with E-state index in [4.69, 9.17) is 14.2 Å². The Morgan fingerprint density at radius 2 is 1.72 bits per heavy atom. The molecule has 2 N–H and O–H groups in total. The number of ether oxygens (including phenoxy) is 3. The lowest BCUT2D eigenvalue weighted by atomic mass is 10.1. The van der Waals surface area contributed by atoms with E-state index >= 15 is 0 Å². The largest absolute Gasteiger partial charge is 0.454 e. The highest BCUT2D eigenvalue weighted by Gasteiger charge is 2.14. The van der Waals surface area contributed by atoms with Crippen molar-refractivity contribution < 1.29 is 14.2 Å². The van der Waals surface area contributed by atoms with Crippen LogP contribution in [0.5, 0.6) is 11.5 Å². The van der Waals surface area contributed by atoms with Crippen molar-refractivity contribution in [3.05, 3.63) is 59.2 Å². The lowest BCUT2D eigenvalue weighted by molar-refractivity contribution is 0.0341. The average molecular weight is 396 g/mol. The summed E-state index contributed by atoms with van der Waals surface area (Å²) in [7, 11) is 1.79. The van der Waals surface area contributed by atoms with E-state index in [0.717, 1.165) is 62.4 Å². The maximum atomic E-state index is 5.46. The van der Waals surface area contributed by atoms with Crippen molar-refractivity contribution in [3.63, 3.8) is 0 Å². The number of rotatable bonds is 6. The molecular formula is C22H28N4O3. The van der Waals surface area contributed by atoms with Crippen LogP contribution < -0.4 is 20.1 Å². The Bertz CT molecular complexity index is 850. The van der Waals surface area contributed by atoms with Crippen LogP contribution in [0.1, 0.15) is 16.7 Å². The summed E-state index contributed by atoms with van der Waals surface area (Å²) >= 11 is 0. The molecule has 4 rings (SSSR count). The van der Waals surface area contributed by atoms with Gasteiger partial charge in [-0.15, -0.1) is 0 Å². The van der Waals surface area contributed by atoms with Gasteiger partial charge in [-0.05, 0) is 28.8 Å². The molecule has 0 atom stereocenters. The predicted octanol–water partition coefficient (Wildman–Crippen LogP) is 2.11. The molecule has 0 aromatic heterocycles. The third-order valence-electron chi connectivity index (χ3n) is 5.18. The number of nitrogens with one attached hydrogen (secondary N) is 2. The molecule has 2 heterocycles. The van der Waals surface area contributed by atoms with E-state index in [1.807, 2.05) is 18.2 Å². The van der Waals surface area contributed by atoms with Crippen LogP contribution in [0.15, 0.2) is 47.5 Å². The SMILES string of the molecule is CN=C(NCc1ccc2c(c1)OCO2)NCc1ccccc1CN1CCOCC1. The van der Waals surface area contributed by atoms with Gasteiger partial charge in [-0.25, -0.2) is 0 Å². The summed E-state index contributed by atoms with van der Waals surface area (Å²) in [5.41, 5.74) is 3.74. The number of hydrogen-bond donors (Lipinski definition) is 2. The Hall–Kier alpha value is -2.77. The molecule has 154 valence electrons. The van der Waals surface area contributed by atoms with Crippen molar-refractivity contribution in [2.45, 2.75) is 19.6 Å². The predicted molar refractivity (Wildman–Crippen MR) is 112 cm³/mol. The number of aliphatic imine (C=N–C) groups is 1. The molecule has 29 heavy (non-hydrogen) atoms. The van der Waals surface area contributed by atoms with Gasteiger partial charge in [-0.1, -0.05) is 30.3 Å². The number of hydrogen-bond acceptors (Lipinski definition) is 5. The quantitative estimate of drug-likeness (QED) is 0.576. The van der Waals surface area contributed by atoms with Gasteiger partial charge in [0.25, 0.3) is 0 Å². The van der Waals surface area contributed by atoms with Crippen LogP contribution in [0.25, 0.3) is 0 Å². The Morgan fingerprint density at radius 1 is 0.966 bits per heavy atom. The molecule has 2 aliphatic heterocycles. The number of benzene rings is 2. The van der Waals surface area contributed by atoms with Crippen LogP contribution in [0.3, 0.4) is 0 Å². The van der Waals surface area contributed by atoms with Crippen molar-refractivity contribution in [2.75, 3.05) is 40.1 Å². The van der Waals surface area contributed by atoms with E-state index in [1.54, 1.807) is 7.05 Å². The van der Waals surface area contributed by atoms with Crippen molar-refractivity contribution in [1.82, 2.24) is 15.5 Å². The summed E-state index contributed by atoms with van der Waals surface area (Å²) in [6, 6.07) is 14.5. The third kappa shape index (κ3) is 5.19. The summed E-state index contributed by atoms with van der Waals surface area (Å²) < 4.78 is 16.3. The number of guanidine groups is 1. The molecule has 7 nitrogen and oxygen atoms in total. The van der Waals surface area contributed by atoms with Crippen LogP contribution in [0.2, 0.25) is 0 Å². The Morgan fingerprint density at radius 3 is 2.55 bits per heavy atom. The summed E-state index contributed by atoms with van der Waals surface area (Å²) in [4.78, 5) is 6.79. The molecule has 7 heteroatoms. The fourth-order valence-corrected chi connectivity index (χ4v) is 3.52. The zero-order chi connectivity index (χ0) is 19.9. The van der Waals surface area contributed by atoms with Gasteiger partial charge in [-0.3, -0.25) is 9.89 Å². The molecule has 0 spiro atoms. The van der Waals surface area contributed by atoms with E-state index in [-0.39, 0.29) is 0 Å². The minimum Gasteiger partial charge on any atom is -0.454 e. The maximum absolute atomic E-state index is 5.46. The zero-order valence-electron chi connectivity index (χ0n) is 16.8. The topological polar surface area (TPSA) is 67.4 Å². The van der Waals surface area contributed by atoms with Gasteiger partial charge in [0.15, 0.2) is 17.5 Å². The summed E-state index contributed by atoms with van der Waals surface area (Å²) in [6.45, 7) is 6.23. The number of nitrogens with zero attached hydrogens (tertiary/aromatic N) is 2. The molecule has 0 aliphatic carbocycles. The lowest BCUT2D eigenvalue weighted by Crippen LogP contribution is -2.37. The van der Waals surface area contributed by atoms with Crippen LogP contribution in [0.4, 0.5) is 0 Å². The highest BCUT2D eigenvalue weighted by Crippen LogP contribution is 2.32. The zero-order valence-corrected chi connectivity index (χ0v) is 16.8. The summed E-state index contributed by atoms with van der Waals surface area (Å²) in [5.74, 6) is 2.36. The fraction of sp³-hybridized carbons (Fsp3) is 0.409. The second-order valence-electron chi connectivity index (χ2n) is 7.12. The highest BCUT2D eigenvalue weighted by atomic mass is 16.7. The average Bonchev–Trinajstić information content (AvgIpc) is 3.23. The fourth-order valence-electron chi connectivity index (χ4n) is 3.52. The van der Waals surface area contributed by atoms with E-state index in [9.17, 15) is 0 Å². The van der Waals surface area contributed by atoms with Gasteiger partial charge in [-0.2, -0.15) is 0 Å². The molecule has 0 unspecified atom stereocenters.